The third kappa shape index (κ3) is 3.88. The van der Waals surface area contributed by atoms with Gasteiger partial charge in [0.05, 0.1) is 12.1 Å². The summed E-state index contributed by atoms with van der Waals surface area (Å²) in [5.74, 6) is -1.08. The van der Waals surface area contributed by atoms with Gasteiger partial charge in [-0.15, -0.1) is 6.58 Å². The molecule has 7 heteroatoms. The number of amides is 2. The second-order valence-electron chi connectivity index (χ2n) is 5.12. The second-order valence-corrected chi connectivity index (χ2v) is 5.12. The molecule has 1 atom stereocenters. The molecule has 0 radical (unpaired) electrons. The van der Waals surface area contributed by atoms with Crippen LogP contribution in [-0.2, 0) is 14.4 Å². The van der Waals surface area contributed by atoms with E-state index in [9.17, 15) is 14.4 Å². The molecule has 2 amide bonds. The maximum atomic E-state index is 12.2. The largest absolute Gasteiger partial charge is 0.481 e. The van der Waals surface area contributed by atoms with E-state index in [2.05, 4.69) is 11.9 Å². The van der Waals surface area contributed by atoms with E-state index in [1.165, 1.54) is 4.90 Å². The molecule has 2 N–H and O–H groups in total. The van der Waals surface area contributed by atoms with E-state index < -0.39 is 18.0 Å². The molecular formula is C16H18N2O5. The molecule has 0 saturated carbocycles. The predicted octanol–water partition coefficient (Wildman–Crippen LogP) is 1.79. The maximum Gasteiger partial charge on any atom is 0.303 e. The van der Waals surface area contributed by atoms with Crippen LogP contribution in [0.2, 0.25) is 0 Å². The van der Waals surface area contributed by atoms with Crippen LogP contribution in [0, 0.1) is 0 Å². The summed E-state index contributed by atoms with van der Waals surface area (Å²) in [6.07, 6.45) is 0.671. The highest BCUT2D eigenvalue weighted by molar-refractivity contribution is 6.01. The Labute approximate surface area is 133 Å². The van der Waals surface area contributed by atoms with Gasteiger partial charge in [0.15, 0.2) is 6.10 Å². The highest BCUT2D eigenvalue weighted by Crippen LogP contribution is 2.36. The summed E-state index contributed by atoms with van der Waals surface area (Å²) in [6, 6.07) is 4.94. The lowest BCUT2D eigenvalue weighted by Crippen LogP contribution is -2.44. The summed E-state index contributed by atoms with van der Waals surface area (Å²) in [7, 11) is 0. The molecule has 0 spiro atoms. The number of anilines is 2. The third-order valence-electron chi connectivity index (χ3n) is 3.33. The molecule has 23 heavy (non-hydrogen) atoms. The number of nitrogens with zero attached hydrogens (tertiary/aromatic N) is 1. The molecule has 1 heterocycles. The smallest absolute Gasteiger partial charge is 0.303 e. The van der Waals surface area contributed by atoms with Crippen LogP contribution >= 0.6 is 0 Å². The van der Waals surface area contributed by atoms with Crippen molar-refractivity contribution in [3.8, 4) is 5.75 Å². The Balaban J connectivity index is 2.20. The zero-order valence-electron chi connectivity index (χ0n) is 12.7. The van der Waals surface area contributed by atoms with Crippen molar-refractivity contribution in [3.63, 3.8) is 0 Å². The van der Waals surface area contributed by atoms with Crippen molar-refractivity contribution in [1.82, 2.24) is 0 Å². The fourth-order valence-corrected chi connectivity index (χ4v) is 2.25. The molecule has 1 aromatic rings. The molecule has 1 aromatic carbocycles. The molecular weight excluding hydrogens is 300 g/mol. The number of hydrogen-bond donors (Lipinski definition) is 2. The Morgan fingerprint density at radius 3 is 2.83 bits per heavy atom. The number of carboxylic acid groups (broad SMARTS) is 1. The van der Waals surface area contributed by atoms with E-state index in [0.29, 0.717) is 23.7 Å². The van der Waals surface area contributed by atoms with Gasteiger partial charge in [-0.2, -0.15) is 0 Å². The van der Waals surface area contributed by atoms with Gasteiger partial charge < -0.3 is 20.1 Å². The summed E-state index contributed by atoms with van der Waals surface area (Å²) in [4.78, 5) is 35.9. The lowest BCUT2D eigenvalue weighted by Gasteiger charge is -2.32. The molecule has 0 saturated heterocycles. The highest BCUT2D eigenvalue weighted by Gasteiger charge is 2.30. The Bertz CT molecular complexity index is 656. The third-order valence-corrected chi connectivity index (χ3v) is 3.33. The number of carbonyl (C=O) groups is 3. The van der Waals surface area contributed by atoms with Crippen LogP contribution in [0.5, 0.6) is 5.75 Å². The number of hydrogen-bond acceptors (Lipinski definition) is 4. The number of nitrogens with one attached hydrogen (secondary N) is 1. The predicted molar refractivity (Wildman–Crippen MR) is 84.6 cm³/mol. The second kappa shape index (κ2) is 6.95. The quantitative estimate of drug-likeness (QED) is 0.780. The highest BCUT2D eigenvalue weighted by atomic mass is 16.5. The molecule has 0 aliphatic carbocycles. The summed E-state index contributed by atoms with van der Waals surface area (Å²) >= 11 is 0. The van der Waals surface area contributed by atoms with Crippen LogP contribution < -0.4 is 15.0 Å². The van der Waals surface area contributed by atoms with Gasteiger partial charge in [0.25, 0.3) is 5.91 Å². The molecule has 1 aliphatic heterocycles. The number of fused-ring (bicyclic) bond motifs is 1. The van der Waals surface area contributed by atoms with Gasteiger partial charge in [0.2, 0.25) is 5.91 Å². The standard InChI is InChI=1S/C16H18N2O5/c1-3-8-18-12-9-11(17-14(19)6-7-15(20)21)4-5-13(12)23-10(2)16(18)22/h3-5,9-10H,1,6-8H2,2H3,(H,17,19)(H,20,21). The minimum atomic E-state index is -1.03. The van der Waals surface area contributed by atoms with Crippen LogP contribution in [0.3, 0.4) is 0 Å². The van der Waals surface area contributed by atoms with Gasteiger partial charge in [-0.3, -0.25) is 14.4 Å². The van der Waals surface area contributed by atoms with Gasteiger partial charge in [-0.05, 0) is 25.1 Å². The van der Waals surface area contributed by atoms with Gasteiger partial charge in [0, 0.05) is 18.7 Å². The van der Waals surface area contributed by atoms with Crippen molar-refractivity contribution in [1.29, 1.82) is 0 Å². The van der Waals surface area contributed by atoms with E-state index in [0.717, 1.165) is 0 Å². The summed E-state index contributed by atoms with van der Waals surface area (Å²) in [5, 5.41) is 11.2. The lowest BCUT2D eigenvalue weighted by molar-refractivity contribution is -0.138. The van der Waals surface area contributed by atoms with Gasteiger partial charge in [-0.1, -0.05) is 6.08 Å². The fraction of sp³-hybridized carbons (Fsp3) is 0.312. The summed E-state index contributed by atoms with van der Waals surface area (Å²) in [6.45, 7) is 5.64. The van der Waals surface area contributed by atoms with Crippen molar-refractivity contribution in [2.75, 3.05) is 16.8 Å². The van der Waals surface area contributed by atoms with E-state index >= 15 is 0 Å². The lowest BCUT2D eigenvalue weighted by atomic mass is 10.1. The van der Waals surface area contributed by atoms with Crippen LogP contribution in [0.4, 0.5) is 11.4 Å². The van der Waals surface area contributed by atoms with E-state index in [4.69, 9.17) is 9.84 Å². The first-order valence-electron chi connectivity index (χ1n) is 7.17. The summed E-state index contributed by atoms with van der Waals surface area (Å²) in [5.41, 5.74) is 1.02. The zero-order valence-corrected chi connectivity index (χ0v) is 12.7. The van der Waals surface area contributed by atoms with Crippen molar-refractivity contribution in [2.45, 2.75) is 25.9 Å². The van der Waals surface area contributed by atoms with E-state index in [-0.39, 0.29) is 18.7 Å². The topological polar surface area (TPSA) is 95.9 Å². The van der Waals surface area contributed by atoms with Crippen molar-refractivity contribution in [2.24, 2.45) is 0 Å². The van der Waals surface area contributed by atoms with E-state index in [1.807, 2.05) is 0 Å². The van der Waals surface area contributed by atoms with E-state index in [1.54, 1.807) is 31.2 Å². The fourth-order valence-electron chi connectivity index (χ4n) is 2.25. The normalized spacial score (nSPS) is 16.3. The van der Waals surface area contributed by atoms with Crippen LogP contribution in [0.15, 0.2) is 30.9 Å². The minimum absolute atomic E-state index is 0.116. The van der Waals surface area contributed by atoms with Crippen LogP contribution in [0.25, 0.3) is 0 Å². The molecule has 7 nitrogen and oxygen atoms in total. The number of benzene rings is 1. The first-order valence-corrected chi connectivity index (χ1v) is 7.17. The molecule has 0 bridgehead atoms. The Hall–Kier alpha value is -2.83. The number of carbonyl (C=O) groups excluding carboxylic acids is 2. The Morgan fingerprint density at radius 1 is 1.43 bits per heavy atom. The van der Waals surface area contributed by atoms with Crippen molar-refractivity contribution < 1.29 is 24.2 Å². The zero-order chi connectivity index (χ0) is 17.0. The van der Waals surface area contributed by atoms with Crippen LogP contribution in [-0.4, -0.2) is 35.5 Å². The first-order chi connectivity index (χ1) is 10.9. The molecule has 0 fully saturated rings. The van der Waals surface area contributed by atoms with Crippen molar-refractivity contribution >= 4 is 29.2 Å². The Morgan fingerprint density at radius 2 is 2.17 bits per heavy atom. The van der Waals surface area contributed by atoms with Crippen molar-refractivity contribution in [3.05, 3.63) is 30.9 Å². The van der Waals surface area contributed by atoms with Crippen LogP contribution in [0.1, 0.15) is 19.8 Å². The SMILES string of the molecule is C=CCN1C(=O)C(C)Oc2ccc(NC(=O)CCC(=O)O)cc21. The number of carboxylic acids is 1. The molecule has 2 rings (SSSR count). The molecule has 1 unspecified atom stereocenters. The Kier molecular flexibility index (Phi) is 5.00. The molecule has 0 aromatic heterocycles. The molecule has 1 aliphatic rings. The average Bonchev–Trinajstić information content (AvgIpc) is 2.50. The average molecular weight is 318 g/mol. The maximum absolute atomic E-state index is 12.2. The van der Waals surface area contributed by atoms with Gasteiger partial charge in [0.1, 0.15) is 5.75 Å². The van der Waals surface area contributed by atoms with Gasteiger partial charge >= 0.3 is 5.97 Å². The first kappa shape index (κ1) is 16.5. The van der Waals surface area contributed by atoms with Gasteiger partial charge in [-0.25, -0.2) is 0 Å². The summed E-state index contributed by atoms with van der Waals surface area (Å²) < 4.78 is 5.54. The number of ether oxygens (including phenoxy) is 1. The monoisotopic (exact) mass is 318 g/mol. The minimum Gasteiger partial charge on any atom is -0.481 e. The molecule has 122 valence electrons. The number of aliphatic carboxylic acids is 1. The number of rotatable bonds is 6.